The number of benzene rings is 12. The minimum absolute atomic E-state index is 0.00727. The number of aromatic hydroxyl groups is 3. The molecule has 3 aliphatic rings. The molecule has 0 aromatic heterocycles. The molecule has 145 heavy (non-hydrogen) atoms. The molecule has 3 amide bonds. The second-order valence-electron chi connectivity index (χ2n) is 36.7. The van der Waals surface area contributed by atoms with Crippen molar-refractivity contribution < 1.29 is 120 Å². The first kappa shape index (κ1) is 108. The number of alkyl halides is 3. The molecular formula is C110H110F8N6O18S3. The van der Waals surface area contributed by atoms with Crippen molar-refractivity contribution >= 4 is 82.8 Å². The van der Waals surface area contributed by atoms with Gasteiger partial charge in [-0.25, -0.2) is 61.6 Å². The first-order chi connectivity index (χ1) is 68.9. The number of halogens is 8. The van der Waals surface area contributed by atoms with Gasteiger partial charge in [-0.05, 0) is 213 Å². The van der Waals surface area contributed by atoms with Crippen LogP contribution in [0, 0.1) is 56.8 Å². The van der Waals surface area contributed by atoms with Gasteiger partial charge in [-0.2, -0.15) is 26.1 Å². The summed E-state index contributed by atoms with van der Waals surface area (Å²) in [4.78, 5) is 80.3. The van der Waals surface area contributed by atoms with E-state index in [0.717, 1.165) is 154 Å². The number of anilines is 3. The monoisotopic (exact) mass is 2050 g/mol. The lowest BCUT2D eigenvalue weighted by molar-refractivity contribution is -0.138. The number of carboxylic acid groups (broad SMARTS) is 3. The van der Waals surface area contributed by atoms with E-state index >= 15 is 0 Å². The summed E-state index contributed by atoms with van der Waals surface area (Å²) in [5.41, 5.74) is 5.55. The van der Waals surface area contributed by atoms with E-state index in [1.165, 1.54) is 134 Å². The summed E-state index contributed by atoms with van der Waals surface area (Å²) >= 11 is 0. The van der Waals surface area contributed by atoms with Gasteiger partial charge >= 0.3 is 24.1 Å². The molecule has 12 aromatic rings. The zero-order valence-electron chi connectivity index (χ0n) is 79.9. The Kier molecular flexibility index (Phi) is 35.6. The lowest BCUT2D eigenvalue weighted by Crippen LogP contribution is -2.43. The Morgan fingerprint density at radius 2 is 0.586 bits per heavy atom. The minimum Gasteiger partial charge on any atom is -0.507 e. The largest absolute Gasteiger partial charge is 0.507 e. The number of phenols is 3. The zero-order chi connectivity index (χ0) is 105. The molecule has 6 N–H and O–H groups in total. The number of nitrogens with zero attached hydrogens (tertiary/aromatic N) is 6. The number of amides is 3. The van der Waals surface area contributed by atoms with E-state index in [2.05, 4.69) is 12.1 Å². The summed E-state index contributed by atoms with van der Waals surface area (Å²) in [7, 11) is -13.4. The minimum atomic E-state index is -5.03. The Labute approximate surface area is 836 Å². The molecule has 24 nitrogen and oxygen atoms in total. The van der Waals surface area contributed by atoms with Crippen molar-refractivity contribution in [2.45, 2.75) is 202 Å². The van der Waals surface area contributed by atoms with Gasteiger partial charge in [-0.3, -0.25) is 14.4 Å². The molecule has 3 fully saturated rings. The van der Waals surface area contributed by atoms with Gasteiger partial charge in [0.2, 0.25) is 47.8 Å². The Morgan fingerprint density at radius 3 is 0.869 bits per heavy atom. The Morgan fingerprint density at radius 1 is 0.317 bits per heavy atom. The zero-order valence-corrected chi connectivity index (χ0v) is 82.3. The van der Waals surface area contributed by atoms with Crippen LogP contribution in [0.25, 0.3) is 0 Å². The molecule has 0 heterocycles. The van der Waals surface area contributed by atoms with Crippen molar-refractivity contribution in [3.63, 3.8) is 0 Å². The fourth-order valence-electron chi connectivity index (χ4n) is 18.1. The smallest absolute Gasteiger partial charge is 0.416 e. The van der Waals surface area contributed by atoms with Crippen LogP contribution in [0.15, 0.2) is 263 Å². The highest BCUT2D eigenvalue weighted by molar-refractivity contribution is 7.89. The molecular weight excluding hydrogens is 1940 g/mol. The van der Waals surface area contributed by atoms with Crippen LogP contribution < -0.4 is 14.7 Å². The van der Waals surface area contributed by atoms with Gasteiger partial charge in [0, 0.05) is 66.5 Å². The third kappa shape index (κ3) is 27.6. The van der Waals surface area contributed by atoms with Crippen molar-refractivity contribution in [2.75, 3.05) is 34.3 Å². The van der Waals surface area contributed by atoms with Crippen LogP contribution in [0.2, 0.25) is 0 Å². The summed E-state index contributed by atoms with van der Waals surface area (Å²) in [5, 5.41) is 59.7. The molecule has 0 unspecified atom stereocenters. The Bertz CT molecular complexity index is 7010. The van der Waals surface area contributed by atoms with Gasteiger partial charge in [0.25, 0.3) is 0 Å². The lowest BCUT2D eigenvalue weighted by Gasteiger charge is -2.29. The first-order valence-corrected chi connectivity index (χ1v) is 51.5. The van der Waals surface area contributed by atoms with Crippen LogP contribution in [-0.4, -0.2) is 124 Å². The summed E-state index contributed by atoms with van der Waals surface area (Å²) < 4.78 is 200. The summed E-state index contributed by atoms with van der Waals surface area (Å²) in [6.45, 7) is 2.31. The molecule has 3 aliphatic carbocycles. The van der Waals surface area contributed by atoms with Crippen molar-refractivity contribution in [3.8, 4) is 17.2 Å². The van der Waals surface area contributed by atoms with E-state index < -0.39 is 179 Å². The molecule has 0 spiro atoms. The maximum atomic E-state index is 14.8. The summed E-state index contributed by atoms with van der Waals surface area (Å²) in [5.74, 6) is -15.3. The summed E-state index contributed by atoms with van der Waals surface area (Å²) in [6, 6.07) is 60.6. The highest BCUT2D eigenvalue weighted by Crippen LogP contribution is 2.41. The van der Waals surface area contributed by atoms with Gasteiger partial charge < -0.3 is 45.3 Å². The van der Waals surface area contributed by atoms with Crippen LogP contribution in [0.5, 0.6) is 17.2 Å². The third-order valence-electron chi connectivity index (χ3n) is 26.3. The number of carbonyl (C=O) groups is 6. The van der Waals surface area contributed by atoms with E-state index in [1.54, 1.807) is 38.1 Å². The second-order valence-corrected chi connectivity index (χ2v) is 42.5. The first-order valence-electron chi connectivity index (χ1n) is 47.2. The lowest BCUT2D eigenvalue weighted by atomic mass is 9.84. The average Bonchev–Trinajstić information content (AvgIpc) is 0.781. The molecule has 12 aromatic carbocycles. The number of hydrogen-bond acceptors (Lipinski definition) is 15. The van der Waals surface area contributed by atoms with E-state index in [9.17, 15) is 120 Å². The normalized spacial score (nSPS) is 14.0. The van der Waals surface area contributed by atoms with E-state index in [4.69, 9.17) is 0 Å². The molecule has 3 saturated carbocycles. The van der Waals surface area contributed by atoms with Crippen molar-refractivity contribution in [1.29, 1.82) is 0 Å². The topological polar surface area (TPSA) is 346 Å². The van der Waals surface area contributed by atoms with Gasteiger partial charge in [0.05, 0.1) is 59.5 Å². The van der Waals surface area contributed by atoms with Crippen LogP contribution >= 0.6 is 0 Å². The number of carboxylic acids is 3. The van der Waals surface area contributed by atoms with E-state index in [1.807, 2.05) is 86.6 Å². The summed E-state index contributed by atoms with van der Waals surface area (Å²) in [6.07, 6.45) is 12.1. The number of aryl methyl sites for hydroxylation is 4. The maximum absolute atomic E-state index is 14.8. The number of aromatic carboxylic acids is 3. The molecule has 35 heteroatoms. The number of hydrogen-bond donors (Lipinski definition) is 6. The molecule has 762 valence electrons. The SMILES string of the molecule is Cc1ccc(CN(CC(=O)N(Cc2ccc(C3CCCCC3)cc2)c2ccc(C(=O)O)c(O)c2)S(=O)(=O)c2ccc(C)cc2)cc1.Cc1ccc(S(=O)(=O)N(CC(=O)N(Cc2ccc(C3CCCCC3)cc2)c2ccc(C(=O)O)c(O)c2)Cc2c(F)c(F)cc(F)c2F)cc1.Cc1ccc(S(=O)(=O)N(CC(=O)N(Cc2ccc(C3CCCCC3)cc2)c2ccc(C(=O)O)c(O)c2)Cc2ccc(F)cc2C(F)(F)F)cc1. The standard InChI is InChI=1S/C37H36F4N2O6S.C37H40N2O6S.C36H34F4N2O6S/c1-24-7-16-31(17-8-24)50(48,49)42(22-28-13-14-29(38)19-33(28)37(39,40)41)23-35(45)43(30-15-18-32(36(46)47)34(44)20-30)21-25-9-11-27(12-10-25)26-5-3-2-4-6-26;1-26-8-12-28(13-9-26)23-38(46(44,45)33-19-10-27(2)11-20-33)25-36(41)39(32-18-21-34(37(42)43)35(40)22-32)24-29-14-16-31(17-15-29)30-6-4-3-5-7-30;1-22-7-14-27(15-8-22)49(47,48)41(20-29-34(39)30(37)18-31(38)35(29)40)21-33(44)42(26-13-16-28(36(45)46)32(43)17-26)19-23-9-11-25(12-10-23)24-5-3-2-4-6-24/h7-20,26,44H,2-6,21-23H2,1H3,(H,46,47);8-22,30,40H,3-7,23-25H2,1-2H3,(H,42,43);7-18,24,43H,2-6,19-21H2,1H3,(H,45,46). The van der Waals surface area contributed by atoms with Crippen LogP contribution in [0.1, 0.15) is 223 Å². The molecule has 0 radical (unpaired) electrons. The quantitative estimate of drug-likeness (QED) is 0.0164. The van der Waals surface area contributed by atoms with Crippen LogP contribution in [0.3, 0.4) is 0 Å². The average molecular weight is 2050 g/mol. The molecule has 0 atom stereocenters. The predicted molar refractivity (Wildman–Crippen MR) is 531 cm³/mol. The fourth-order valence-corrected chi connectivity index (χ4v) is 22.2. The number of carbonyl (C=O) groups excluding carboxylic acids is 3. The number of rotatable bonds is 33. The van der Waals surface area contributed by atoms with E-state index in [-0.39, 0.29) is 75.6 Å². The number of sulfonamides is 3. The predicted octanol–water partition coefficient (Wildman–Crippen LogP) is 22.6. The van der Waals surface area contributed by atoms with Crippen LogP contribution in [0.4, 0.5) is 52.2 Å². The van der Waals surface area contributed by atoms with Crippen LogP contribution in [-0.2, 0) is 89.9 Å². The second kappa shape index (κ2) is 47.7. The maximum Gasteiger partial charge on any atom is 0.416 e. The third-order valence-corrected chi connectivity index (χ3v) is 31.7. The Hall–Kier alpha value is -14.0. The van der Waals surface area contributed by atoms with Gasteiger partial charge in [0.1, 0.15) is 39.8 Å². The fraction of sp³-hybridized carbons (Fsp3) is 0.291. The molecule has 0 bridgehead atoms. The van der Waals surface area contributed by atoms with Crippen molar-refractivity contribution in [1.82, 2.24) is 12.9 Å². The Balaban J connectivity index is 0.000000182. The van der Waals surface area contributed by atoms with Gasteiger partial charge in [0.15, 0.2) is 23.3 Å². The molecule has 0 aliphatic heterocycles. The van der Waals surface area contributed by atoms with Crippen molar-refractivity contribution in [2.24, 2.45) is 0 Å². The highest BCUT2D eigenvalue weighted by atomic mass is 32.2. The van der Waals surface area contributed by atoms with Crippen molar-refractivity contribution in [3.05, 3.63) is 372 Å². The van der Waals surface area contributed by atoms with E-state index in [0.29, 0.717) is 43.1 Å². The molecule has 0 saturated heterocycles. The highest BCUT2D eigenvalue weighted by Gasteiger charge is 2.40. The van der Waals surface area contributed by atoms with Gasteiger partial charge in [-0.15, -0.1) is 0 Å². The molecule has 15 rings (SSSR count). The van der Waals surface area contributed by atoms with Gasteiger partial charge in [-0.1, -0.05) is 220 Å².